The molecule has 0 saturated heterocycles. The van der Waals surface area contributed by atoms with Crippen molar-refractivity contribution in [2.45, 2.75) is 26.2 Å². The van der Waals surface area contributed by atoms with E-state index in [1.54, 1.807) is 39.8 Å². The van der Waals surface area contributed by atoms with Gasteiger partial charge in [-0.05, 0) is 12.3 Å². The van der Waals surface area contributed by atoms with Crippen LogP contribution in [0.3, 0.4) is 0 Å². The molecule has 0 aromatic heterocycles. The highest BCUT2D eigenvalue weighted by Crippen LogP contribution is 2.45. The molecule has 0 amide bonds. The summed E-state index contributed by atoms with van der Waals surface area (Å²) in [6.07, 6.45) is 2.63. The van der Waals surface area contributed by atoms with Gasteiger partial charge >= 0.3 is 0 Å². The highest BCUT2D eigenvalue weighted by molar-refractivity contribution is 5.78. The normalized spacial score (nSPS) is 11.5. The molecule has 0 spiro atoms. The molecular weight excluding hydrogens is 320 g/mol. The fourth-order valence-electron chi connectivity index (χ4n) is 2.27. The topological polar surface area (TPSA) is 133 Å². The molecule has 0 fully saturated rings. The highest BCUT2D eigenvalue weighted by Gasteiger charge is 2.40. The van der Waals surface area contributed by atoms with Crippen molar-refractivity contribution in [2.24, 2.45) is 0 Å². The lowest BCUT2D eigenvalue weighted by Crippen LogP contribution is -2.18. The SMILES string of the molecule is CN(C)C=Cc1c([N+](=O)[O-])cc([N+](=O)[O-])c(C(C)(C)C)c1[N+](=O)[O-]. The molecule has 0 N–H and O–H groups in total. The van der Waals surface area contributed by atoms with Crippen LogP contribution < -0.4 is 0 Å². The Labute approximate surface area is 137 Å². The second-order valence-electron chi connectivity index (χ2n) is 6.35. The van der Waals surface area contributed by atoms with Gasteiger partial charge in [0.25, 0.3) is 17.1 Å². The van der Waals surface area contributed by atoms with Gasteiger partial charge in [0, 0.05) is 19.5 Å². The van der Waals surface area contributed by atoms with Gasteiger partial charge in [-0.3, -0.25) is 30.3 Å². The predicted octanol–water partition coefficient (Wildman–Crippen LogP) is 3.24. The van der Waals surface area contributed by atoms with Gasteiger partial charge in [-0.2, -0.15) is 0 Å². The molecule has 1 aromatic carbocycles. The van der Waals surface area contributed by atoms with Crippen LogP contribution in [0.2, 0.25) is 0 Å². The zero-order valence-electron chi connectivity index (χ0n) is 14.0. The standard InChI is InChI=1S/C14H18N4O6/c1-14(2,3)12-11(17(21)22)8-10(16(19)20)9(6-7-15(4)5)13(12)18(23)24/h6-8H,1-5H3. The Kier molecular flexibility index (Phi) is 5.23. The van der Waals surface area contributed by atoms with E-state index in [0.717, 1.165) is 6.07 Å². The third-order valence-electron chi connectivity index (χ3n) is 3.16. The molecule has 10 heteroatoms. The van der Waals surface area contributed by atoms with E-state index < -0.39 is 37.2 Å². The van der Waals surface area contributed by atoms with Crippen LogP contribution in [-0.4, -0.2) is 33.8 Å². The number of nitro benzene ring substituents is 3. The molecule has 130 valence electrons. The molecule has 1 rings (SSSR count). The zero-order chi connectivity index (χ0) is 18.8. The van der Waals surface area contributed by atoms with Crippen LogP contribution in [0, 0.1) is 30.3 Å². The Bertz CT molecular complexity index is 734. The second kappa shape index (κ2) is 6.60. The quantitative estimate of drug-likeness (QED) is 0.594. The van der Waals surface area contributed by atoms with Crippen molar-refractivity contribution < 1.29 is 14.8 Å². The maximum atomic E-state index is 11.6. The average Bonchev–Trinajstić information content (AvgIpc) is 2.41. The summed E-state index contributed by atoms with van der Waals surface area (Å²) in [5.74, 6) is 0. The van der Waals surface area contributed by atoms with Gasteiger partial charge in [0.05, 0.1) is 20.8 Å². The number of nitro groups is 3. The Morgan fingerprint density at radius 1 is 0.958 bits per heavy atom. The van der Waals surface area contributed by atoms with Crippen molar-refractivity contribution in [3.63, 3.8) is 0 Å². The number of hydrogen-bond donors (Lipinski definition) is 0. The Morgan fingerprint density at radius 3 is 1.79 bits per heavy atom. The number of nitrogens with zero attached hydrogens (tertiary/aromatic N) is 4. The van der Waals surface area contributed by atoms with E-state index >= 15 is 0 Å². The molecule has 0 bridgehead atoms. The van der Waals surface area contributed by atoms with Crippen molar-refractivity contribution in [1.29, 1.82) is 0 Å². The maximum Gasteiger partial charge on any atom is 0.294 e. The van der Waals surface area contributed by atoms with E-state index in [0.29, 0.717) is 0 Å². The van der Waals surface area contributed by atoms with Crippen molar-refractivity contribution in [3.05, 3.63) is 53.7 Å². The average molecular weight is 338 g/mol. The number of benzene rings is 1. The van der Waals surface area contributed by atoms with Gasteiger partial charge in [-0.1, -0.05) is 20.8 Å². The van der Waals surface area contributed by atoms with Crippen molar-refractivity contribution in [1.82, 2.24) is 4.90 Å². The van der Waals surface area contributed by atoms with Crippen LogP contribution in [0.5, 0.6) is 0 Å². The molecule has 0 aliphatic carbocycles. The summed E-state index contributed by atoms with van der Waals surface area (Å²) >= 11 is 0. The Morgan fingerprint density at radius 2 is 1.46 bits per heavy atom. The summed E-state index contributed by atoms with van der Waals surface area (Å²) in [5.41, 5.74) is -3.32. The second-order valence-corrected chi connectivity index (χ2v) is 6.35. The first-order valence-electron chi connectivity index (χ1n) is 6.87. The summed E-state index contributed by atoms with van der Waals surface area (Å²) in [6, 6.07) is 0.781. The van der Waals surface area contributed by atoms with Gasteiger partial charge in [0.2, 0.25) is 0 Å². The monoisotopic (exact) mass is 338 g/mol. The van der Waals surface area contributed by atoms with Gasteiger partial charge in [0.15, 0.2) is 0 Å². The van der Waals surface area contributed by atoms with E-state index in [1.807, 2.05) is 0 Å². The van der Waals surface area contributed by atoms with E-state index in [1.165, 1.54) is 12.3 Å². The van der Waals surface area contributed by atoms with Crippen LogP contribution in [0.15, 0.2) is 12.3 Å². The molecule has 0 atom stereocenters. The molecule has 0 aliphatic rings. The lowest BCUT2D eigenvalue weighted by atomic mass is 9.82. The summed E-state index contributed by atoms with van der Waals surface area (Å²) in [4.78, 5) is 33.3. The largest absolute Gasteiger partial charge is 0.383 e. The maximum absolute atomic E-state index is 11.6. The lowest BCUT2D eigenvalue weighted by molar-refractivity contribution is -0.404. The summed E-state index contributed by atoms with van der Waals surface area (Å²) in [7, 11) is 3.29. The zero-order valence-corrected chi connectivity index (χ0v) is 14.0. The molecule has 10 nitrogen and oxygen atoms in total. The first-order valence-corrected chi connectivity index (χ1v) is 6.87. The minimum Gasteiger partial charge on any atom is -0.383 e. The van der Waals surface area contributed by atoms with E-state index in [2.05, 4.69) is 0 Å². The minimum absolute atomic E-state index is 0.151. The van der Waals surface area contributed by atoms with Gasteiger partial charge in [0.1, 0.15) is 11.1 Å². The third kappa shape index (κ3) is 3.83. The number of hydrogen-bond acceptors (Lipinski definition) is 7. The van der Waals surface area contributed by atoms with Gasteiger partial charge in [-0.25, -0.2) is 0 Å². The molecule has 0 saturated carbocycles. The summed E-state index contributed by atoms with van der Waals surface area (Å²) in [5, 5.41) is 34.2. The first kappa shape index (κ1) is 19.0. The van der Waals surface area contributed by atoms with Crippen LogP contribution in [0.4, 0.5) is 17.1 Å². The molecule has 0 radical (unpaired) electrons. The number of rotatable bonds is 5. The fraction of sp³-hybridized carbons (Fsp3) is 0.429. The van der Waals surface area contributed by atoms with E-state index in [9.17, 15) is 30.3 Å². The van der Waals surface area contributed by atoms with Crippen LogP contribution >= 0.6 is 0 Å². The van der Waals surface area contributed by atoms with Gasteiger partial charge in [-0.15, -0.1) is 0 Å². The molecule has 0 heterocycles. The summed E-state index contributed by atoms with van der Waals surface area (Å²) < 4.78 is 0. The third-order valence-corrected chi connectivity index (χ3v) is 3.16. The highest BCUT2D eigenvalue weighted by atomic mass is 16.6. The smallest absolute Gasteiger partial charge is 0.294 e. The first-order chi connectivity index (χ1) is 10.9. The Hall–Kier alpha value is -3.04. The van der Waals surface area contributed by atoms with Crippen LogP contribution in [0.25, 0.3) is 6.08 Å². The lowest BCUT2D eigenvalue weighted by Gasteiger charge is -2.19. The molecule has 24 heavy (non-hydrogen) atoms. The Balaban J connectivity index is 4.08. The molecule has 0 aliphatic heterocycles. The van der Waals surface area contributed by atoms with Crippen molar-refractivity contribution in [2.75, 3.05) is 14.1 Å². The van der Waals surface area contributed by atoms with Crippen molar-refractivity contribution in [3.8, 4) is 0 Å². The predicted molar refractivity (Wildman–Crippen MR) is 87.8 cm³/mol. The van der Waals surface area contributed by atoms with E-state index in [4.69, 9.17) is 0 Å². The molecule has 1 aromatic rings. The van der Waals surface area contributed by atoms with Crippen LogP contribution in [-0.2, 0) is 5.41 Å². The van der Waals surface area contributed by atoms with E-state index in [-0.39, 0.29) is 11.1 Å². The molecular formula is C14H18N4O6. The van der Waals surface area contributed by atoms with Crippen LogP contribution in [0.1, 0.15) is 31.9 Å². The minimum atomic E-state index is -0.958. The molecule has 0 unspecified atom stereocenters. The van der Waals surface area contributed by atoms with Gasteiger partial charge < -0.3 is 4.90 Å². The van der Waals surface area contributed by atoms with Crippen molar-refractivity contribution >= 4 is 23.1 Å². The fourth-order valence-corrected chi connectivity index (χ4v) is 2.27. The summed E-state index contributed by atoms with van der Waals surface area (Å²) in [6.45, 7) is 4.73.